The van der Waals surface area contributed by atoms with Crippen LogP contribution in [0.4, 0.5) is 11.4 Å². The van der Waals surface area contributed by atoms with E-state index in [1.807, 2.05) is 12.1 Å². The first-order chi connectivity index (χ1) is 13.5. The highest BCUT2D eigenvalue weighted by atomic mass is 16.6. The van der Waals surface area contributed by atoms with Crippen molar-refractivity contribution in [2.45, 2.75) is 19.3 Å². The molecule has 3 rings (SSSR count). The number of likely N-dealkylation sites (tertiary alicyclic amines) is 1. The number of piperidine rings is 1. The van der Waals surface area contributed by atoms with E-state index in [1.165, 1.54) is 11.6 Å². The number of para-hydroxylation sites is 2. The number of hydrogen-bond acceptors (Lipinski definition) is 5. The van der Waals surface area contributed by atoms with Gasteiger partial charge in [0.05, 0.1) is 18.6 Å². The van der Waals surface area contributed by atoms with Crippen molar-refractivity contribution < 1.29 is 14.5 Å². The lowest BCUT2D eigenvalue weighted by atomic mass is 9.90. The van der Waals surface area contributed by atoms with Crippen LogP contribution in [0.3, 0.4) is 0 Å². The summed E-state index contributed by atoms with van der Waals surface area (Å²) in [4.78, 5) is 25.0. The van der Waals surface area contributed by atoms with Gasteiger partial charge in [-0.05, 0) is 62.0 Å². The highest BCUT2D eigenvalue weighted by molar-refractivity contribution is 5.94. The van der Waals surface area contributed by atoms with E-state index in [2.05, 4.69) is 22.3 Å². The molecule has 0 atom stereocenters. The average molecular weight is 383 g/mol. The fraction of sp³-hybridized carbons (Fsp3) is 0.381. The molecule has 1 fully saturated rings. The summed E-state index contributed by atoms with van der Waals surface area (Å²) in [5.41, 5.74) is 1.45. The largest absolute Gasteiger partial charge is 0.497 e. The maximum Gasteiger partial charge on any atom is 0.292 e. The van der Waals surface area contributed by atoms with E-state index in [0.717, 1.165) is 38.1 Å². The number of benzene rings is 2. The van der Waals surface area contributed by atoms with Gasteiger partial charge in [-0.1, -0.05) is 24.3 Å². The van der Waals surface area contributed by atoms with Gasteiger partial charge in [-0.15, -0.1) is 0 Å². The molecule has 0 saturated carbocycles. The number of carbonyl (C=O) groups is 1. The molecule has 0 bridgehead atoms. The number of hydrogen-bond donors (Lipinski definition) is 1. The molecule has 0 unspecified atom stereocenters. The molecule has 1 amide bonds. The summed E-state index contributed by atoms with van der Waals surface area (Å²) in [6.45, 7) is 1.96. The van der Waals surface area contributed by atoms with Crippen LogP contribution in [0.2, 0.25) is 0 Å². The number of ether oxygens (including phenoxy) is 1. The van der Waals surface area contributed by atoms with E-state index in [9.17, 15) is 14.9 Å². The molecule has 1 N–H and O–H groups in total. The Bertz CT molecular complexity index is 815. The molecule has 0 radical (unpaired) electrons. The molecule has 7 nitrogen and oxygen atoms in total. The van der Waals surface area contributed by atoms with E-state index >= 15 is 0 Å². The second-order valence-corrected chi connectivity index (χ2v) is 7.09. The maximum atomic E-state index is 12.3. The lowest BCUT2D eigenvalue weighted by Gasteiger charge is -2.31. The molecule has 2 aromatic rings. The van der Waals surface area contributed by atoms with Crippen molar-refractivity contribution in [2.75, 3.05) is 32.1 Å². The third kappa shape index (κ3) is 5.29. The molecule has 0 aromatic heterocycles. The Balaban J connectivity index is 1.46. The Morgan fingerprint density at radius 2 is 1.86 bits per heavy atom. The number of carbonyl (C=O) groups excluding carboxylic acids is 1. The van der Waals surface area contributed by atoms with Crippen molar-refractivity contribution in [1.82, 2.24) is 4.90 Å². The quantitative estimate of drug-likeness (QED) is 0.584. The first-order valence-corrected chi connectivity index (χ1v) is 9.43. The highest BCUT2D eigenvalue weighted by Crippen LogP contribution is 2.25. The number of nitro groups is 1. The van der Waals surface area contributed by atoms with Gasteiger partial charge in [-0.3, -0.25) is 19.8 Å². The van der Waals surface area contributed by atoms with Gasteiger partial charge in [0, 0.05) is 6.07 Å². The van der Waals surface area contributed by atoms with Crippen LogP contribution in [0.25, 0.3) is 0 Å². The molecule has 2 aromatic carbocycles. The summed E-state index contributed by atoms with van der Waals surface area (Å²) in [5, 5.41) is 13.7. The van der Waals surface area contributed by atoms with Crippen LogP contribution in [0.5, 0.6) is 5.75 Å². The molecule has 1 heterocycles. The van der Waals surface area contributed by atoms with Gasteiger partial charge >= 0.3 is 0 Å². The second kappa shape index (κ2) is 9.32. The van der Waals surface area contributed by atoms with E-state index in [1.54, 1.807) is 25.3 Å². The molecule has 148 valence electrons. The molecular weight excluding hydrogens is 358 g/mol. The number of methoxy groups -OCH3 is 1. The second-order valence-electron chi connectivity index (χ2n) is 7.09. The summed E-state index contributed by atoms with van der Waals surface area (Å²) in [6.07, 6.45) is 3.09. The van der Waals surface area contributed by atoms with Crippen molar-refractivity contribution in [3.05, 3.63) is 64.2 Å². The third-order valence-electron chi connectivity index (χ3n) is 5.13. The predicted octanol–water partition coefficient (Wildman–Crippen LogP) is 3.50. The zero-order valence-corrected chi connectivity index (χ0v) is 16.0. The Morgan fingerprint density at radius 1 is 1.18 bits per heavy atom. The fourth-order valence-electron chi connectivity index (χ4n) is 3.58. The highest BCUT2D eigenvalue weighted by Gasteiger charge is 2.22. The van der Waals surface area contributed by atoms with Crippen LogP contribution >= 0.6 is 0 Å². The molecule has 1 aliphatic heterocycles. The normalized spacial score (nSPS) is 15.2. The maximum absolute atomic E-state index is 12.3. The molecule has 0 aliphatic carbocycles. The average Bonchev–Trinajstić information content (AvgIpc) is 2.70. The van der Waals surface area contributed by atoms with Gasteiger partial charge < -0.3 is 10.1 Å². The number of rotatable bonds is 7. The first kappa shape index (κ1) is 19.8. The standard InChI is InChI=1S/C21H25N3O4/c1-28-18-8-6-16(7-9-18)14-17-10-12-23(13-11-17)15-21(25)22-19-4-2-3-5-20(19)24(26)27/h2-9,17H,10-15H2,1H3,(H,22,25). The molecule has 28 heavy (non-hydrogen) atoms. The predicted molar refractivity (Wildman–Crippen MR) is 108 cm³/mol. The minimum absolute atomic E-state index is 0.0888. The topological polar surface area (TPSA) is 84.7 Å². The lowest BCUT2D eigenvalue weighted by molar-refractivity contribution is -0.383. The monoisotopic (exact) mass is 383 g/mol. The van der Waals surface area contributed by atoms with E-state index in [4.69, 9.17) is 4.74 Å². The van der Waals surface area contributed by atoms with E-state index < -0.39 is 4.92 Å². The van der Waals surface area contributed by atoms with E-state index in [-0.39, 0.29) is 23.8 Å². The summed E-state index contributed by atoms with van der Waals surface area (Å²) in [5.74, 6) is 1.24. The van der Waals surface area contributed by atoms with E-state index in [0.29, 0.717) is 5.92 Å². The van der Waals surface area contributed by atoms with Crippen molar-refractivity contribution in [2.24, 2.45) is 5.92 Å². The minimum atomic E-state index is -0.486. The van der Waals surface area contributed by atoms with Crippen molar-refractivity contribution >= 4 is 17.3 Å². The van der Waals surface area contributed by atoms with Gasteiger partial charge in [0.2, 0.25) is 5.91 Å². The van der Waals surface area contributed by atoms with Gasteiger partial charge in [-0.2, -0.15) is 0 Å². The van der Waals surface area contributed by atoms with Crippen LogP contribution in [-0.4, -0.2) is 42.5 Å². The van der Waals surface area contributed by atoms with Gasteiger partial charge in [0.1, 0.15) is 11.4 Å². The van der Waals surface area contributed by atoms with Gasteiger partial charge in [-0.25, -0.2) is 0 Å². The molecule has 7 heteroatoms. The zero-order chi connectivity index (χ0) is 19.9. The summed E-state index contributed by atoms with van der Waals surface area (Å²) in [7, 11) is 1.66. The Kier molecular flexibility index (Phi) is 6.60. The molecule has 1 aliphatic rings. The fourth-order valence-corrected chi connectivity index (χ4v) is 3.58. The Hall–Kier alpha value is -2.93. The smallest absolute Gasteiger partial charge is 0.292 e. The molecule has 1 saturated heterocycles. The van der Waals surface area contributed by atoms with Crippen LogP contribution < -0.4 is 10.1 Å². The van der Waals surface area contributed by atoms with Gasteiger partial charge in [0.15, 0.2) is 0 Å². The Labute approximate surface area is 164 Å². The SMILES string of the molecule is COc1ccc(CC2CCN(CC(=O)Nc3ccccc3[N+](=O)[O-])CC2)cc1. The molecular formula is C21H25N3O4. The minimum Gasteiger partial charge on any atom is -0.497 e. The van der Waals surface area contributed by atoms with Gasteiger partial charge in [0.25, 0.3) is 5.69 Å². The number of nitrogens with one attached hydrogen (secondary N) is 1. The first-order valence-electron chi connectivity index (χ1n) is 9.43. The van der Waals surface area contributed by atoms with Crippen LogP contribution in [0.15, 0.2) is 48.5 Å². The summed E-state index contributed by atoms with van der Waals surface area (Å²) in [6, 6.07) is 14.4. The number of nitrogens with zero attached hydrogens (tertiary/aromatic N) is 2. The number of amides is 1. The Morgan fingerprint density at radius 3 is 2.50 bits per heavy atom. The third-order valence-corrected chi connectivity index (χ3v) is 5.13. The lowest BCUT2D eigenvalue weighted by Crippen LogP contribution is -2.39. The van der Waals surface area contributed by atoms with Crippen LogP contribution in [0, 0.1) is 16.0 Å². The van der Waals surface area contributed by atoms with Crippen molar-refractivity contribution in [3.63, 3.8) is 0 Å². The number of nitro benzene ring substituents is 1. The van der Waals surface area contributed by atoms with Crippen LogP contribution in [-0.2, 0) is 11.2 Å². The number of anilines is 1. The summed E-state index contributed by atoms with van der Waals surface area (Å²) < 4.78 is 5.19. The summed E-state index contributed by atoms with van der Waals surface area (Å²) >= 11 is 0. The van der Waals surface area contributed by atoms with Crippen molar-refractivity contribution in [3.8, 4) is 5.75 Å². The molecule has 0 spiro atoms. The zero-order valence-electron chi connectivity index (χ0n) is 16.0. The van der Waals surface area contributed by atoms with Crippen molar-refractivity contribution in [1.29, 1.82) is 0 Å². The van der Waals surface area contributed by atoms with Crippen LogP contribution in [0.1, 0.15) is 18.4 Å².